The first-order valence-corrected chi connectivity index (χ1v) is 11.0. The predicted molar refractivity (Wildman–Crippen MR) is 117 cm³/mol. The molecule has 0 aromatic carbocycles. The minimum Gasteiger partial charge on any atom is -0.370 e. The second kappa shape index (κ2) is 8.94. The molecule has 4 aromatic rings. The van der Waals surface area contributed by atoms with E-state index in [1.54, 1.807) is 6.20 Å². The van der Waals surface area contributed by atoms with Crippen molar-refractivity contribution in [2.45, 2.75) is 13.5 Å². The molecule has 0 saturated carbocycles. The number of hydrogen-bond acceptors (Lipinski definition) is 8. The number of aromatic nitrogens is 6. The van der Waals surface area contributed by atoms with E-state index >= 15 is 0 Å². The van der Waals surface area contributed by atoms with Crippen molar-refractivity contribution >= 4 is 50.6 Å². The van der Waals surface area contributed by atoms with Crippen LogP contribution in [0.25, 0.3) is 16.9 Å². The Bertz CT molecular complexity index is 1040. The van der Waals surface area contributed by atoms with Crippen LogP contribution in [0.2, 0.25) is 0 Å². The minimum atomic E-state index is 0.697. The van der Waals surface area contributed by atoms with E-state index < -0.39 is 0 Å². The summed E-state index contributed by atoms with van der Waals surface area (Å²) in [5, 5.41) is 14.5. The largest absolute Gasteiger partial charge is 0.370 e. The number of aromatic amines is 1. The molecule has 28 heavy (non-hydrogen) atoms. The van der Waals surface area contributed by atoms with Crippen LogP contribution >= 0.6 is 34.1 Å². The lowest BCUT2D eigenvalue weighted by molar-refractivity contribution is 0.191. The van der Waals surface area contributed by atoms with E-state index in [1.807, 2.05) is 36.0 Å². The van der Waals surface area contributed by atoms with E-state index in [0.29, 0.717) is 23.6 Å². The number of aryl methyl sites for hydroxylation is 1. The van der Waals surface area contributed by atoms with E-state index in [-0.39, 0.29) is 0 Å². The molecule has 146 valence electrons. The van der Waals surface area contributed by atoms with E-state index in [2.05, 4.69) is 57.8 Å². The van der Waals surface area contributed by atoms with E-state index in [1.165, 1.54) is 11.5 Å². The molecule has 0 aliphatic carbocycles. The highest BCUT2D eigenvalue weighted by Crippen LogP contribution is 2.27. The van der Waals surface area contributed by atoms with Gasteiger partial charge in [-0.25, -0.2) is 9.97 Å². The molecule has 4 aromatic heterocycles. The molecule has 4 heterocycles. The summed E-state index contributed by atoms with van der Waals surface area (Å²) in [6, 6.07) is 2.03. The number of anilines is 2. The van der Waals surface area contributed by atoms with Crippen molar-refractivity contribution in [2.75, 3.05) is 23.1 Å². The van der Waals surface area contributed by atoms with Crippen LogP contribution in [-0.4, -0.2) is 46.7 Å². The van der Waals surface area contributed by atoms with Gasteiger partial charge in [0.15, 0.2) is 11.5 Å². The number of fused-ring (bicyclic) bond motifs is 1. The summed E-state index contributed by atoms with van der Waals surface area (Å²) in [4.78, 5) is 9.18. The third-order valence-corrected chi connectivity index (χ3v) is 5.20. The maximum atomic E-state index is 5.31. The van der Waals surface area contributed by atoms with Gasteiger partial charge < -0.3 is 15.4 Å². The number of H-pyrrole nitrogens is 1. The molecule has 0 fully saturated rings. The summed E-state index contributed by atoms with van der Waals surface area (Å²) >= 11 is 3.60. The molecule has 0 atom stereocenters. The summed E-state index contributed by atoms with van der Waals surface area (Å²) in [7, 11) is 0. The Balaban J connectivity index is 1.51. The highest BCUT2D eigenvalue weighted by molar-refractivity contribution is 14.1. The van der Waals surface area contributed by atoms with Gasteiger partial charge in [0.1, 0.15) is 5.00 Å². The lowest BCUT2D eigenvalue weighted by Crippen LogP contribution is -2.19. The molecule has 11 heteroatoms. The molecule has 3 N–H and O–H groups in total. The molecule has 0 aliphatic rings. The molecule has 0 spiro atoms. The molecule has 9 nitrogen and oxygen atoms in total. The first kappa shape index (κ1) is 19.2. The van der Waals surface area contributed by atoms with Crippen LogP contribution in [0.3, 0.4) is 0 Å². The fraction of sp³-hybridized carbons (Fsp3) is 0.294. The Kier molecular flexibility index (Phi) is 6.14. The van der Waals surface area contributed by atoms with Crippen LogP contribution in [0.1, 0.15) is 11.4 Å². The van der Waals surface area contributed by atoms with Crippen LogP contribution in [0.15, 0.2) is 30.9 Å². The van der Waals surface area contributed by atoms with Crippen LogP contribution in [-0.2, 0) is 11.3 Å². The van der Waals surface area contributed by atoms with Gasteiger partial charge in [0.05, 0.1) is 40.7 Å². The smallest absolute Gasteiger partial charge is 0.180 e. The zero-order valence-corrected chi connectivity index (χ0v) is 18.1. The number of hydrogen-bond donors (Lipinski definition) is 3. The normalized spacial score (nSPS) is 11.4. The minimum absolute atomic E-state index is 0.697. The molecule has 0 unspecified atom stereocenters. The summed E-state index contributed by atoms with van der Waals surface area (Å²) < 4.78 is 12.5. The van der Waals surface area contributed by atoms with E-state index in [0.717, 1.165) is 39.8 Å². The molecule has 0 radical (unpaired) electrons. The second-order valence-corrected chi connectivity index (χ2v) is 7.48. The summed E-state index contributed by atoms with van der Waals surface area (Å²) in [6.07, 6.45) is 7.42. The number of ether oxygens (including phenoxy) is 1. The summed E-state index contributed by atoms with van der Waals surface area (Å²) in [5.41, 5.74) is 4.56. The summed E-state index contributed by atoms with van der Waals surface area (Å²) in [6.45, 7) is 4.16. The molecular formula is C17H19IN8OS. The fourth-order valence-corrected chi connectivity index (χ4v) is 3.76. The predicted octanol–water partition coefficient (Wildman–Crippen LogP) is 3.13. The van der Waals surface area contributed by atoms with E-state index in [9.17, 15) is 0 Å². The number of nitrogens with zero attached hydrogens (tertiary/aromatic N) is 5. The van der Waals surface area contributed by atoms with Crippen molar-refractivity contribution in [1.82, 2.24) is 34.3 Å². The number of alkyl halides is 1. The van der Waals surface area contributed by atoms with E-state index in [4.69, 9.17) is 4.74 Å². The van der Waals surface area contributed by atoms with Gasteiger partial charge in [0.25, 0.3) is 0 Å². The van der Waals surface area contributed by atoms with Crippen LogP contribution in [0, 0.1) is 6.92 Å². The average Bonchev–Trinajstić information content (AvgIpc) is 3.41. The summed E-state index contributed by atoms with van der Waals surface area (Å²) in [5.74, 6) is 0.702. The first-order chi connectivity index (χ1) is 13.7. The Morgan fingerprint density at radius 1 is 1.36 bits per heavy atom. The van der Waals surface area contributed by atoms with Crippen molar-refractivity contribution < 1.29 is 4.74 Å². The van der Waals surface area contributed by atoms with Crippen molar-refractivity contribution in [3.8, 4) is 11.3 Å². The van der Waals surface area contributed by atoms with Crippen LogP contribution in [0.4, 0.5) is 10.8 Å². The van der Waals surface area contributed by atoms with Gasteiger partial charge in [-0.05, 0) is 24.5 Å². The zero-order valence-electron chi connectivity index (χ0n) is 15.1. The average molecular weight is 510 g/mol. The SMILES string of the molecule is Cc1cn2c(-c3cn[nH]c3)cnc2c(Nc2cc(CNCCOCI)ns2)n1. The Labute approximate surface area is 179 Å². The fourth-order valence-electron chi connectivity index (χ4n) is 2.78. The monoisotopic (exact) mass is 510 g/mol. The maximum Gasteiger partial charge on any atom is 0.180 e. The van der Waals surface area contributed by atoms with Crippen LogP contribution in [0.5, 0.6) is 0 Å². The molecule has 0 bridgehead atoms. The number of nitrogens with one attached hydrogen (secondary N) is 3. The topological polar surface area (TPSA) is 105 Å². The Morgan fingerprint density at radius 2 is 2.29 bits per heavy atom. The van der Waals surface area contributed by atoms with Crippen molar-refractivity contribution in [1.29, 1.82) is 0 Å². The van der Waals surface area contributed by atoms with Gasteiger partial charge in [-0.3, -0.25) is 9.50 Å². The maximum absolute atomic E-state index is 5.31. The molecular weight excluding hydrogens is 491 g/mol. The van der Waals surface area contributed by atoms with Gasteiger partial charge in [-0.1, -0.05) is 22.6 Å². The second-order valence-electron chi connectivity index (χ2n) is 6.06. The Morgan fingerprint density at radius 3 is 3.11 bits per heavy atom. The number of rotatable bonds is 9. The first-order valence-electron chi connectivity index (χ1n) is 8.65. The molecule has 0 amide bonds. The van der Waals surface area contributed by atoms with Gasteiger partial charge in [-0.15, -0.1) is 0 Å². The standard InChI is InChI=1S/C17H19IN8OS/c1-11-9-26-14(12-5-21-22-6-12)8-20-17(26)16(23-11)24-15-4-13(25-28-15)7-19-2-3-27-10-18/h4-6,8-9,19H,2-3,7,10H2,1H3,(H,21,22)(H,23,24). The van der Waals surface area contributed by atoms with Crippen molar-refractivity contribution in [2.24, 2.45) is 0 Å². The number of halogens is 1. The lowest BCUT2D eigenvalue weighted by Gasteiger charge is -2.07. The van der Waals surface area contributed by atoms with Gasteiger partial charge in [-0.2, -0.15) is 9.47 Å². The van der Waals surface area contributed by atoms with Crippen molar-refractivity contribution in [3.05, 3.63) is 42.2 Å². The molecule has 0 saturated heterocycles. The van der Waals surface area contributed by atoms with Gasteiger partial charge >= 0.3 is 0 Å². The lowest BCUT2D eigenvalue weighted by atomic mass is 10.3. The third kappa shape index (κ3) is 4.32. The third-order valence-electron chi connectivity index (χ3n) is 4.01. The molecule has 0 aliphatic heterocycles. The van der Waals surface area contributed by atoms with Gasteiger partial charge in [0.2, 0.25) is 0 Å². The zero-order chi connectivity index (χ0) is 19.3. The highest BCUT2D eigenvalue weighted by Gasteiger charge is 2.13. The Hall–Kier alpha value is -2.09. The highest BCUT2D eigenvalue weighted by atomic mass is 127. The van der Waals surface area contributed by atoms with Crippen LogP contribution < -0.4 is 10.6 Å². The molecule has 4 rings (SSSR count). The van der Waals surface area contributed by atoms with Crippen molar-refractivity contribution in [3.63, 3.8) is 0 Å². The van der Waals surface area contributed by atoms with Gasteiger partial charge in [0, 0.05) is 31.0 Å². The quantitative estimate of drug-likeness (QED) is 0.181. The number of imidazole rings is 1.